The van der Waals surface area contributed by atoms with Crippen LogP contribution in [0.25, 0.3) is 0 Å². The fourth-order valence-electron chi connectivity index (χ4n) is 2.49. The molecule has 1 fully saturated rings. The third-order valence-electron chi connectivity index (χ3n) is 3.82. The van der Waals surface area contributed by atoms with E-state index in [0.717, 1.165) is 0 Å². The molecule has 1 aromatic carbocycles. The molecule has 0 aliphatic carbocycles. The van der Waals surface area contributed by atoms with Crippen molar-refractivity contribution in [2.75, 3.05) is 24.7 Å². The molecule has 1 aliphatic heterocycles. The van der Waals surface area contributed by atoms with E-state index in [2.05, 4.69) is 0 Å². The minimum Gasteiger partial charge on any atom is -0.504 e. The van der Waals surface area contributed by atoms with Crippen molar-refractivity contribution in [3.63, 3.8) is 0 Å². The number of aromatic hydroxyl groups is 1. The van der Waals surface area contributed by atoms with Crippen LogP contribution < -0.4 is 4.74 Å². The predicted molar refractivity (Wildman–Crippen MR) is 75.6 cm³/mol. The number of aliphatic hydroxyl groups is 1. The molecule has 0 radical (unpaired) electrons. The Morgan fingerprint density at radius 1 is 1.25 bits per heavy atom. The first kappa shape index (κ1) is 15.1. The van der Waals surface area contributed by atoms with Crippen molar-refractivity contribution in [1.29, 1.82) is 0 Å². The number of hydrogen-bond acceptors (Lipinski definition) is 5. The Morgan fingerprint density at radius 3 is 2.50 bits per heavy atom. The van der Waals surface area contributed by atoms with Crippen LogP contribution in [0.3, 0.4) is 0 Å². The van der Waals surface area contributed by atoms with Gasteiger partial charge in [-0.05, 0) is 30.9 Å². The standard InChI is InChI=1S/C14H20O5S/c15-9-12(11-5-7-20(17,18)8-6-11)10-19-14-4-2-1-3-13(14)16/h1-4,11-12,15-16H,5-10H2. The van der Waals surface area contributed by atoms with E-state index < -0.39 is 9.84 Å². The Morgan fingerprint density at radius 2 is 1.90 bits per heavy atom. The van der Waals surface area contributed by atoms with Gasteiger partial charge in [-0.3, -0.25) is 0 Å². The molecule has 0 amide bonds. The van der Waals surface area contributed by atoms with Crippen molar-refractivity contribution in [3.8, 4) is 11.5 Å². The van der Waals surface area contributed by atoms with Gasteiger partial charge < -0.3 is 14.9 Å². The summed E-state index contributed by atoms with van der Waals surface area (Å²) in [5.74, 6) is 0.861. The van der Waals surface area contributed by atoms with Crippen LogP contribution in [0, 0.1) is 11.8 Å². The molecule has 5 nitrogen and oxygen atoms in total. The van der Waals surface area contributed by atoms with Gasteiger partial charge in [0, 0.05) is 12.5 Å². The van der Waals surface area contributed by atoms with Crippen molar-refractivity contribution < 1.29 is 23.4 Å². The molecule has 0 saturated carbocycles. The normalized spacial score (nSPS) is 20.4. The average molecular weight is 300 g/mol. The van der Waals surface area contributed by atoms with E-state index >= 15 is 0 Å². The molecule has 1 aromatic rings. The molecule has 1 aliphatic rings. The first-order chi connectivity index (χ1) is 9.52. The van der Waals surface area contributed by atoms with Crippen molar-refractivity contribution in [1.82, 2.24) is 0 Å². The largest absolute Gasteiger partial charge is 0.504 e. The molecule has 6 heteroatoms. The molecule has 0 spiro atoms. The maximum atomic E-state index is 11.4. The maximum Gasteiger partial charge on any atom is 0.160 e. The molecule has 112 valence electrons. The second-order valence-corrected chi connectivity index (χ2v) is 7.51. The molecule has 1 heterocycles. The zero-order valence-corrected chi connectivity index (χ0v) is 12.1. The predicted octanol–water partition coefficient (Wildman–Crippen LogP) is 1.20. The van der Waals surface area contributed by atoms with Crippen LogP contribution in [-0.2, 0) is 9.84 Å². The van der Waals surface area contributed by atoms with Crippen LogP contribution in [0.1, 0.15) is 12.8 Å². The summed E-state index contributed by atoms with van der Waals surface area (Å²) in [6, 6.07) is 6.67. The van der Waals surface area contributed by atoms with Crippen LogP contribution in [0.4, 0.5) is 0 Å². The second kappa shape index (κ2) is 6.45. The highest BCUT2D eigenvalue weighted by atomic mass is 32.2. The van der Waals surface area contributed by atoms with E-state index in [-0.39, 0.29) is 42.3 Å². The Bertz CT molecular complexity index is 526. The van der Waals surface area contributed by atoms with Gasteiger partial charge in [0.2, 0.25) is 0 Å². The fourth-order valence-corrected chi connectivity index (χ4v) is 4.02. The Balaban J connectivity index is 1.92. The maximum absolute atomic E-state index is 11.4. The number of para-hydroxylation sites is 2. The van der Waals surface area contributed by atoms with Gasteiger partial charge in [-0.25, -0.2) is 8.42 Å². The highest BCUT2D eigenvalue weighted by molar-refractivity contribution is 7.91. The third-order valence-corrected chi connectivity index (χ3v) is 5.53. The quantitative estimate of drug-likeness (QED) is 0.854. The summed E-state index contributed by atoms with van der Waals surface area (Å²) < 4.78 is 28.3. The fraction of sp³-hybridized carbons (Fsp3) is 0.571. The zero-order valence-electron chi connectivity index (χ0n) is 11.2. The number of sulfone groups is 1. The van der Waals surface area contributed by atoms with Crippen LogP contribution in [-0.4, -0.2) is 43.4 Å². The van der Waals surface area contributed by atoms with Gasteiger partial charge in [-0.2, -0.15) is 0 Å². The lowest BCUT2D eigenvalue weighted by Gasteiger charge is -2.28. The van der Waals surface area contributed by atoms with E-state index in [9.17, 15) is 18.6 Å². The van der Waals surface area contributed by atoms with Gasteiger partial charge in [0.05, 0.1) is 18.1 Å². The molecule has 2 N–H and O–H groups in total. The van der Waals surface area contributed by atoms with Crippen molar-refractivity contribution in [3.05, 3.63) is 24.3 Å². The van der Waals surface area contributed by atoms with Crippen molar-refractivity contribution >= 4 is 9.84 Å². The lowest BCUT2D eigenvalue weighted by atomic mass is 9.88. The Kier molecular flexibility index (Phi) is 4.88. The lowest BCUT2D eigenvalue weighted by molar-refractivity contribution is 0.110. The average Bonchev–Trinajstić information content (AvgIpc) is 2.42. The van der Waals surface area contributed by atoms with E-state index in [1.807, 2.05) is 0 Å². The SMILES string of the molecule is O=S1(=O)CCC(C(CO)COc2ccccc2O)CC1. The highest BCUT2D eigenvalue weighted by Crippen LogP contribution is 2.29. The zero-order chi connectivity index (χ0) is 14.6. The number of phenolic OH excluding ortho intramolecular Hbond substituents is 1. The summed E-state index contributed by atoms with van der Waals surface area (Å²) in [4.78, 5) is 0. The molecule has 0 aromatic heterocycles. The van der Waals surface area contributed by atoms with Crippen LogP contribution in [0.15, 0.2) is 24.3 Å². The molecule has 1 saturated heterocycles. The summed E-state index contributed by atoms with van der Waals surface area (Å²) in [5.41, 5.74) is 0. The van der Waals surface area contributed by atoms with Gasteiger partial charge in [-0.15, -0.1) is 0 Å². The molecular formula is C14H20O5S. The minimum absolute atomic E-state index is 0.0433. The molecular weight excluding hydrogens is 280 g/mol. The summed E-state index contributed by atoms with van der Waals surface area (Å²) in [6.07, 6.45) is 1.13. The number of hydrogen-bond donors (Lipinski definition) is 2. The van der Waals surface area contributed by atoms with E-state index in [0.29, 0.717) is 18.6 Å². The summed E-state index contributed by atoms with van der Waals surface area (Å²) in [5, 5.41) is 19.1. The summed E-state index contributed by atoms with van der Waals surface area (Å²) in [7, 11) is -2.89. The van der Waals surface area contributed by atoms with Crippen LogP contribution >= 0.6 is 0 Å². The molecule has 2 rings (SSSR count). The first-order valence-corrected chi connectivity index (χ1v) is 8.56. The summed E-state index contributed by atoms with van der Waals surface area (Å²) in [6.45, 7) is 0.233. The van der Waals surface area contributed by atoms with Crippen LogP contribution in [0.2, 0.25) is 0 Å². The number of phenols is 1. The Hall–Kier alpha value is -1.27. The number of benzene rings is 1. The van der Waals surface area contributed by atoms with E-state index in [1.165, 1.54) is 6.07 Å². The highest BCUT2D eigenvalue weighted by Gasteiger charge is 2.29. The molecule has 1 atom stereocenters. The third kappa shape index (κ3) is 3.86. The number of aliphatic hydroxyl groups excluding tert-OH is 1. The lowest BCUT2D eigenvalue weighted by Crippen LogP contribution is -2.32. The van der Waals surface area contributed by atoms with Gasteiger partial charge in [-0.1, -0.05) is 12.1 Å². The number of ether oxygens (including phenoxy) is 1. The molecule has 20 heavy (non-hydrogen) atoms. The number of rotatable bonds is 5. The Labute approximate surface area is 119 Å². The summed E-state index contributed by atoms with van der Waals surface area (Å²) >= 11 is 0. The topological polar surface area (TPSA) is 83.8 Å². The van der Waals surface area contributed by atoms with E-state index in [1.54, 1.807) is 18.2 Å². The smallest absolute Gasteiger partial charge is 0.160 e. The minimum atomic E-state index is -2.89. The monoisotopic (exact) mass is 300 g/mol. The second-order valence-electron chi connectivity index (χ2n) is 5.21. The van der Waals surface area contributed by atoms with Gasteiger partial charge in [0.1, 0.15) is 9.84 Å². The van der Waals surface area contributed by atoms with Crippen LogP contribution in [0.5, 0.6) is 11.5 Å². The molecule has 1 unspecified atom stereocenters. The molecule has 0 bridgehead atoms. The van der Waals surface area contributed by atoms with Crippen molar-refractivity contribution in [2.45, 2.75) is 12.8 Å². The van der Waals surface area contributed by atoms with Gasteiger partial charge in [0.25, 0.3) is 0 Å². The first-order valence-electron chi connectivity index (χ1n) is 6.74. The van der Waals surface area contributed by atoms with Crippen molar-refractivity contribution in [2.24, 2.45) is 11.8 Å². The van der Waals surface area contributed by atoms with Gasteiger partial charge in [0.15, 0.2) is 11.5 Å². The van der Waals surface area contributed by atoms with Gasteiger partial charge >= 0.3 is 0 Å². The van der Waals surface area contributed by atoms with E-state index in [4.69, 9.17) is 4.74 Å².